The maximum Gasteiger partial charge on any atom is 0.419 e. The van der Waals surface area contributed by atoms with E-state index in [1.165, 1.54) is 17.7 Å². The molecule has 0 amide bonds. The first kappa shape index (κ1) is 7.85. The first-order valence-electron chi connectivity index (χ1n) is 3.64. The Morgan fingerprint density at radius 2 is 2.23 bits per heavy atom. The third-order valence-electron chi connectivity index (χ3n) is 1.89. The summed E-state index contributed by atoms with van der Waals surface area (Å²) < 4.78 is 18.9. The molecule has 5 heteroatoms. The number of aryl methyl sites for hydroxylation is 1. The lowest BCUT2D eigenvalue weighted by atomic mass is 10.3. The van der Waals surface area contributed by atoms with Crippen molar-refractivity contribution >= 4 is 16.8 Å². The van der Waals surface area contributed by atoms with E-state index in [0.717, 1.165) is 6.07 Å². The van der Waals surface area contributed by atoms with E-state index in [9.17, 15) is 9.18 Å². The third-order valence-corrected chi connectivity index (χ3v) is 1.89. The number of nitrogen functional groups attached to an aromatic ring is 1. The van der Waals surface area contributed by atoms with Crippen molar-refractivity contribution in [3.63, 3.8) is 0 Å². The highest BCUT2D eigenvalue weighted by molar-refractivity contribution is 5.84. The lowest BCUT2D eigenvalue weighted by Gasteiger charge is -1.95. The lowest BCUT2D eigenvalue weighted by molar-refractivity contribution is 0.529. The Morgan fingerprint density at radius 1 is 1.54 bits per heavy atom. The number of rotatable bonds is 0. The minimum Gasteiger partial charge on any atom is -0.405 e. The number of aromatic nitrogens is 1. The van der Waals surface area contributed by atoms with Gasteiger partial charge < -0.3 is 10.2 Å². The summed E-state index contributed by atoms with van der Waals surface area (Å²) >= 11 is 0. The monoisotopic (exact) mass is 182 g/mol. The van der Waals surface area contributed by atoms with Crippen molar-refractivity contribution in [2.24, 2.45) is 7.05 Å². The molecule has 1 aromatic carbocycles. The minimum absolute atomic E-state index is 0.132. The molecular formula is C8H7FN2O2. The molecule has 0 aliphatic heterocycles. The molecule has 0 fully saturated rings. The average molecular weight is 182 g/mol. The molecule has 0 atom stereocenters. The van der Waals surface area contributed by atoms with Gasteiger partial charge in [0.25, 0.3) is 0 Å². The second-order valence-corrected chi connectivity index (χ2v) is 2.77. The summed E-state index contributed by atoms with van der Waals surface area (Å²) in [7, 11) is 1.49. The van der Waals surface area contributed by atoms with Crippen LogP contribution in [0.3, 0.4) is 0 Å². The summed E-state index contributed by atoms with van der Waals surface area (Å²) in [6.07, 6.45) is 0. The molecule has 2 N–H and O–H groups in total. The van der Waals surface area contributed by atoms with Crippen LogP contribution in [0.4, 0.5) is 10.1 Å². The predicted molar refractivity (Wildman–Crippen MR) is 45.8 cm³/mol. The van der Waals surface area contributed by atoms with E-state index in [-0.39, 0.29) is 11.3 Å². The number of fused-ring (bicyclic) bond motifs is 1. The number of hydrogen-bond acceptors (Lipinski definition) is 3. The van der Waals surface area contributed by atoms with Crippen LogP contribution in [0.25, 0.3) is 11.1 Å². The zero-order valence-electron chi connectivity index (χ0n) is 6.87. The summed E-state index contributed by atoms with van der Waals surface area (Å²) in [6.45, 7) is 0. The van der Waals surface area contributed by atoms with Crippen LogP contribution in [0, 0.1) is 5.82 Å². The van der Waals surface area contributed by atoms with Crippen molar-refractivity contribution in [1.29, 1.82) is 0 Å². The lowest BCUT2D eigenvalue weighted by Crippen LogP contribution is -2.08. The van der Waals surface area contributed by atoms with Crippen LogP contribution in [0.1, 0.15) is 0 Å². The van der Waals surface area contributed by atoms with Crippen molar-refractivity contribution < 1.29 is 8.81 Å². The second kappa shape index (κ2) is 2.35. The van der Waals surface area contributed by atoms with E-state index in [4.69, 9.17) is 10.2 Å². The topological polar surface area (TPSA) is 61.2 Å². The van der Waals surface area contributed by atoms with Gasteiger partial charge in [0.15, 0.2) is 5.58 Å². The number of halogens is 1. The summed E-state index contributed by atoms with van der Waals surface area (Å²) in [6, 6.07) is 2.32. The molecule has 0 bridgehead atoms. The van der Waals surface area contributed by atoms with Gasteiger partial charge in [-0.2, -0.15) is 0 Å². The molecule has 0 saturated heterocycles. The van der Waals surface area contributed by atoms with E-state index in [1.807, 2.05) is 0 Å². The Kier molecular flexibility index (Phi) is 1.42. The van der Waals surface area contributed by atoms with E-state index >= 15 is 0 Å². The summed E-state index contributed by atoms with van der Waals surface area (Å²) in [5.74, 6) is -1.03. The molecule has 13 heavy (non-hydrogen) atoms. The fraction of sp³-hybridized carbons (Fsp3) is 0.125. The van der Waals surface area contributed by atoms with Gasteiger partial charge in [0.05, 0.1) is 11.2 Å². The second-order valence-electron chi connectivity index (χ2n) is 2.77. The molecule has 1 aromatic heterocycles. The molecule has 68 valence electrons. The van der Waals surface area contributed by atoms with Crippen LogP contribution in [0.5, 0.6) is 0 Å². The Labute approximate surface area is 72.4 Å². The van der Waals surface area contributed by atoms with Crippen LogP contribution in [-0.4, -0.2) is 4.57 Å². The third kappa shape index (κ3) is 1.00. The molecule has 0 radical (unpaired) electrons. The summed E-state index contributed by atoms with van der Waals surface area (Å²) in [5.41, 5.74) is 6.18. The largest absolute Gasteiger partial charge is 0.419 e. The molecular weight excluding hydrogens is 175 g/mol. The van der Waals surface area contributed by atoms with Crippen molar-refractivity contribution in [3.05, 3.63) is 28.5 Å². The molecule has 0 spiro atoms. The molecule has 1 heterocycles. The van der Waals surface area contributed by atoms with Crippen LogP contribution in [0.15, 0.2) is 21.3 Å². The van der Waals surface area contributed by atoms with Gasteiger partial charge in [-0.1, -0.05) is 0 Å². The number of nitrogens with zero attached hydrogens (tertiary/aromatic N) is 1. The molecule has 2 aromatic rings. The highest BCUT2D eigenvalue weighted by atomic mass is 19.1. The van der Waals surface area contributed by atoms with Crippen molar-refractivity contribution in [2.45, 2.75) is 0 Å². The van der Waals surface area contributed by atoms with E-state index < -0.39 is 11.6 Å². The smallest absolute Gasteiger partial charge is 0.405 e. The van der Waals surface area contributed by atoms with Gasteiger partial charge in [-0.3, -0.25) is 4.57 Å². The van der Waals surface area contributed by atoms with Crippen molar-refractivity contribution in [3.8, 4) is 0 Å². The molecule has 0 aliphatic rings. The van der Waals surface area contributed by atoms with E-state index in [1.54, 1.807) is 0 Å². The molecule has 4 nitrogen and oxygen atoms in total. The highest BCUT2D eigenvalue weighted by Crippen LogP contribution is 2.20. The van der Waals surface area contributed by atoms with E-state index in [2.05, 4.69) is 0 Å². The predicted octanol–water partition coefficient (Wildman–Crippen LogP) is 0.853. The zero-order chi connectivity index (χ0) is 9.59. The number of benzene rings is 1. The SMILES string of the molecule is Cn1c(=O)oc2c(N)cc(F)cc21. The standard InChI is InChI=1S/C8H7FN2O2/c1-11-6-3-4(9)2-5(10)7(6)13-8(11)12/h2-3H,10H2,1H3. The van der Waals surface area contributed by atoms with Crippen LogP contribution in [-0.2, 0) is 7.05 Å². The van der Waals surface area contributed by atoms with Gasteiger partial charge in [0, 0.05) is 19.2 Å². The van der Waals surface area contributed by atoms with E-state index in [0.29, 0.717) is 5.52 Å². The first-order chi connectivity index (χ1) is 6.09. The highest BCUT2D eigenvalue weighted by Gasteiger charge is 2.09. The van der Waals surface area contributed by atoms with Gasteiger partial charge in [0.1, 0.15) is 5.82 Å². The maximum absolute atomic E-state index is 12.8. The summed E-state index contributed by atoms with van der Waals surface area (Å²) in [4.78, 5) is 11.0. The quantitative estimate of drug-likeness (QED) is 0.614. The van der Waals surface area contributed by atoms with Crippen LogP contribution in [0.2, 0.25) is 0 Å². The Morgan fingerprint density at radius 3 is 2.92 bits per heavy atom. The molecule has 2 rings (SSSR count). The van der Waals surface area contributed by atoms with Gasteiger partial charge in [0.2, 0.25) is 0 Å². The molecule has 0 aliphatic carbocycles. The minimum atomic E-state index is -0.549. The van der Waals surface area contributed by atoms with Gasteiger partial charge in [-0.15, -0.1) is 0 Å². The normalized spacial score (nSPS) is 10.9. The molecule has 0 saturated carbocycles. The number of hydrogen-bond donors (Lipinski definition) is 1. The van der Waals surface area contributed by atoms with Gasteiger partial charge in [-0.25, -0.2) is 9.18 Å². The fourth-order valence-electron chi connectivity index (χ4n) is 1.21. The number of oxazole rings is 1. The van der Waals surface area contributed by atoms with Gasteiger partial charge >= 0.3 is 5.76 Å². The first-order valence-corrected chi connectivity index (χ1v) is 3.64. The Balaban J connectivity index is 3.03. The Hall–Kier alpha value is -1.78. The van der Waals surface area contributed by atoms with Crippen molar-refractivity contribution in [2.75, 3.05) is 5.73 Å². The Bertz CT molecular complexity index is 527. The number of anilines is 1. The fourth-order valence-corrected chi connectivity index (χ4v) is 1.21. The summed E-state index contributed by atoms with van der Waals surface area (Å²) in [5, 5.41) is 0. The van der Waals surface area contributed by atoms with Crippen LogP contribution < -0.4 is 11.5 Å². The number of nitrogens with two attached hydrogens (primary N) is 1. The van der Waals surface area contributed by atoms with Gasteiger partial charge in [-0.05, 0) is 0 Å². The zero-order valence-corrected chi connectivity index (χ0v) is 6.87. The molecule has 0 unspecified atom stereocenters. The maximum atomic E-state index is 12.8. The average Bonchev–Trinajstić information content (AvgIpc) is 2.32. The van der Waals surface area contributed by atoms with Crippen LogP contribution >= 0.6 is 0 Å². The van der Waals surface area contributed by atoms with Crippen molar-refractivity contribution in [1.82, 2.24) is 4.57 Å².